The van der Waals surface area contributed by atoms with Gasteiger partial charge < -0.3 is 14.9 Å². The predicted octanol–water partition coefficient (Wildman–Crippen LogP) is 4.54. The Balaban J connectivity index is 1.35. The van der Waals surface area contributed by atoms with Crippen molar-refractivity contribution in [1.29, 1.82) is 0 Å². The molecule has 0 radical (unpaired) electrons. The topological polar surface area (TPSA) is 87.2 Å². The molecule has 1 aliphatic heterocycles. The summed E-state index contributed by atoms with van der Waals surface area (Å²) in [4.78, 5) is 43.2. The lowest BCUT2D eigenvalue weighted by Crippen LogP contribution is -2.36. The molecule has 178 valence electrons. The molecule has 0 spiro atoms. The number of nitrogens with zero attached hydrogens (tertiary/aromatic N) is 2. The van der Waals surface area contributed by atoms with Crippen molar-refractivity contribution in [3.63, 3.8) is 0 Å². The quantitative estimate of drug-likeness (QED) is 0.322. The molecule has 2 N–H and O–H groups in total. The first-order valence-electron chi connectivity index (χ1n) is 11.7. The van der Waals surface area contributed by atoms with Crippen molar-refractivity contribution < 1.29 is 14.4 Å². The fourth-order valence-electron chi connectivity index (χ4n) is 5.14. The van der Waals surface area contributed by atoms with Gasteiger partial charge in [0, 0.05) is 46.2 Å². The number of H-pyrrole nitrogens is 1. The summed E-state index contributed by atoms with van der Waals surface area (Å²) in [6, 6.07) is 14.7. The zero-order valence-electron chi connectivity index (χ0n) is 20.3. The Morgan fingerprint density at radius 2 is 1.69 bits per heavy atom. The van der Waals surface area contributed by atoms with Crippen molar-refractivity contribution in [2.24, 2.45) is 0 Å². The van der Waals surface area contributed by atoms with E-state index in [0.29, 0.717) is 12.0 Å². The molecule has 7 heteroatoms. The average Bonchev–Trinajstić information content (AvgIpc) is 3.43. The first kappa shape index (κ1) is 22.7. The number of aryl methyl sites for hydroxylation is 3. The summed E-state index contributed by atoms with van der Waals surface area (Å²) < 4.78 is 2.04. The van der Waals surface area contributed by atoms with E-state index < -0.39 is 12.1 Å². The van der Waals surface area contributed by atoms with Gasteiger partial charge in [0.2, 0.25) is 0 Å². The molecule has 3 heterocycles. The van der Waals surface area contributed by atoms with Gasteiger partial charge in [0.05, 0.1) is 6.54 Å². The van der Waals surface area contributed by atoms with Gasteiger partial charge >= 0.3 is 6.03 Å². The van der Waals surface area contributed by atoms with Crippen LogP contribution in [-0.4, -0.2) is 44.8 Å². The van der Waals surface area contributed by atoms with E-state index in [-0.39, 0.29) is 18.2 Å². The van der Waals surface area contributed by atoms with Gasteiger partial charge in [-0.3, -0.25) is 14.5 Å². The first-order valence-corrected chi connectivity index (χ1v) is 11.7. The van der Waals surface area contributed by atoms with Crippen LogP contribution in [0.4, 0.5) is 4.79 Å². The maximum atomic E-state index is 13.2. The Labute approximate surface area is 203 Å². The highest BCUT2D eigenvalue weighted by Crippen LogP contribution is 2.25. The van der Waals surface area contributed by atoms with Crippen molar-refractivity contribution in [3.05, 3.63) is 88.4 Å². The third-order valence-corrected chi connectivity index (χ3v) is 6.70. The Morgan fingerprint density at radius 1 is 0.971 bits per heavy atom. The number of imide groups is 1. The first-order chi connectivity index (χ1) is 16.7. The number of urea groups is 1. The fraction of sp³-hybridized carbons (Fsp3) is 0.250. The molecule has 5 rings (SSSR count). The summed E-state index contributed by atoms with van der Waals surface area (Å²) in [7, 11) is 0. The number of carbonyl (C=O) groups is 3. The molecule has 2 aromatic carbocycles. The number of Topliss-reactive ketones (excluding diaryl/α,β-unsaturated/α-hetero) is 1. The number of para-hydroxylation sites is 1. The molecule has 1 aliphatic rings. The predicted molar refractivity (Wildman–Crippen MR) is 135 cm³/mol. The molecule has 0 bridgehead atoms. The molecule has 2 aromatic heterocycles. The molecular weight excluding hydrogens is 440 g/mol. The Bertz CT molecular complexity index is 1470. The standard InChI is InChI=1S/C28H28N4O3/c1-16-9-17(2)11-21(10-16)32-18(3)12-23(19(32)4)26(33)15-31-27(34)25(30-28(31)35)13-20-14-29-24-8-6-5-7-22(20)24/h5-12,14,25,29H,13,15H2,1-4H3,(H,30,35). The summed E-state index contributed by atoms with van der Waals surface area (Å²) >= 11 is 0. The molecule has 1 fully saturated rings. The van der Waals surface area contributed by atoms with E-state index in [9.17, 15) is 14.4 Å². The van der Waals surface area contributed by atoms with E-state index >= 15 is 0 Å². The smallest absolute Gasteiger partial charge is 0.325 e. The number of hydrogen-bond acceptors (Lipinski definition) is 3. The maximum Gasteiger partial charge on any atom is 0.325 e. The number of amides is 3. The highest BCUT2D eigenvalue weighted by molar-refractivity contribution is 6.09. The Hall–Kier alpha value is -4.13. The van der Waals surface area contributed by atoms with Crippen molar-refractivity contribution in [2.45, 2.75) is 40.2 Å². The molecule has 7 nitrogen and oxygen atoms in total. The number of rotatable bonds is 6. The van der Waals surface area contributed by atoms with Crippen molar-refractivity contribution in [1.82, 2.24) is 19.8 Å². The number of hydrogen-bond donors (Lipinski definition) is 2. The van der Waals surface area contributed by atoms with Gasteiger partial charge in [0.1, 0.15) is 6.04 Å². The summed E-state index contributed by atoms with van der Waals surface area (Å²) in [5.74, 6) is -0.637. The molecule has 1 unspecified atom stereocenters. The van der Waals surface area contributed by atoms with Crippen molar-refractivity contribution in [2.75, 3.05) is 6.54 Å². The third-order valence-electron chi connectivity index (χ3n) is 6.70. The Kier molecular flexibility index (Phi) is 5.55. The van der Waals surface area contributed by atoms with Gasteiger partial charge in [0.25, 0.3) is 5.91 Å². The van der Waals surface area contributed by atoms with E-state index in [0.717, 1.165) is 49.6 Å². The summed E-state index contributed by atoms with van der Waals surface area (Å²) in [6.07, 6.45) is 2.22. The van der Waals surface area contributed by atoms with Gasteiger partial charge in [0.15, 0.2) is 5.78 Å². The molecule has 0 aliphatic carbocycles. The number of carbonyl (C=O) groups excluding carboxylic acids is 3. The Morgan fingerprint density at radius 3 is 2.43 bits per heavy atom. The van der Waals surface area contributed by atoms with Crippen molar-refractivity contribution in [3.8, 4) is 5.69 Å². The second-order valence-electron chi connectivity index (χ2n) is 9.38. The lowest BCUT2D eigenvalue weighted by atomic mass is 10.0. The lowest BCUT2D eigenvalue weighted by Gasteiger charge is -2.14. The van der Waals surface area contributed by atoms with Crippen LogP contribution >= 0.6 is 0 Å². The van der Waals surface area contributed by atoms with Crippen LogP contribution in [0.2, 0.25) is 0 Å². The van der Waals surface area contributed by atoms with E-state index in [1.165, 1.54) is 0 Å². The minimum atomic E-state index is -0.697. The highest BCUT2D eigenvalue weighted by atomic mass is 16.2. The fourth-order valence-corrected chi connectivity index (χ4v) is 5.14. The second kappa shape index (κ2) is 8.58. The van der Waals surface area contributed by atoms with Crippen LogP contribution in [0.1, 0.15) is 38.4 Å². The van der Waals surface area contributed by atoms with E-state index in [2.05, 4.69) is 28.5 Å². The molecular formula is C28H28N4O3. The van der Waals surface area contributed by atoms with E-state index in [4.69, 9.17) is 0 Å². The number of aromatic nitrogens is 2. The summed E-state index contributed by atoms with van der Waals surface area (Å²) in [5.41, 5.74) is 7.43. The number of nitrogens with one attached hydrogen (secondary N) is 2. The number of ketones is 1. The molecule has 1 atom stereocenters. The van der Waals surface area contributed by atoms with Crippen LogP contribution < -0.4 is 5.32 Å². The van der Waals surface area contributed by atoms with Gasteiger partial charge in [-0.1, -0.05) is 24.3 Å². The van der Waals surface area contributed by atoms with Crippen LogP contribution in [0.25, 0.3) is 16.6 Å². The largest absolute Gasteiger partial charge is 0.361 e. The summed E-state index contributed by atoms with van der Waals surface area (Å²) in [5, 5.41) is 3.77. The van der Waals surface area contributed by atoms with E-state index in [1.807, 2.05) is 68.8 Å². The minimum absolute atomic E-state index is 0.259. The normalized spacial score (nSPS) is 15.8. The van der Waals surface area contributed by atoms with Gasteiger partial charge in [-0.05, 0) is 68.7 Å². The molecule has 0 saturated carbocycles. The molecule has 3 amide bonds. The SMILES string of the molecule is Cc1cc(C)cc(-n2c(C)cc(C(=O)CN3C(=O)NC(Cc4c[nH]c5ccccc45)C3=O)c2C)c1. The van der Waals surface area contributed by atoms with Crippen LogP contribution in [0.5, 0.6) is 0 Å². The zero-order chi connectivity index (χ0) is 24.9. The van der Waals surface area contributed by atoms with Crippen LogP contribution in [-0.2, 0) is 11.2 Å². The maximum absolute atomic E-state index is 13.2. The van der Waals surface area contributed by atoms with Crippen LogP contribution in [0.15, 0.2) is 54.7 Å². The number of fused-ring (bicyclic) bond motifs is 1. The highest BCUT2D eigenvalue weighted by Gasteiger charge is 2.39. The van der Waals surface area contributed by atoms with Crippen LogP contribution in [0.3, 0.4) is 0 Å². The molecule has 4 aromatic rings. The van der Waals surface area contributed by atoms with Gasteiger partial charge in [-0.25, -0.2) is 4.79 Å². The number of aromatic amines is 1. The molecule has 35 heavy (non-hydrogen) atoms. The van der Waals surface area contributed by atoms with Crippen LogP contribution in [0, 0.1) is 27.7 Å². The number of benzene rings is 2. The van der Waals surface area contributed by atoms with E-state index in [1.54, 1.807) is 0 Å². The minimum Gasteiger partial charge on any atom is -0.361 e. The van der Waals surface area contributed by atoms with Gasteiger partial charge in [-0.15, -0.1) is 0 Å². The zero-order valence-corrected chi connectivity index (χ0v) is 20.3. The van der Waals surface area contributed by atoms with Gasteiger partial charge in [-0.2, -0.15) is 0 Å². The van der Waals surface area contributed by atoms with Crippen molar-refractivity contribution >= 4 is 28.6 Å². The third kappa shape index (κ3) is 4.03. The second-order valence-corrected chi connectivity index (χ2v) is 9.38. The summed E-state index contributed by atoms with van der Waals surface area (Å²) in [6.45, 7) is 7.64. The monoisotopic (exact) mass is 468 g/mol. The molecule has 1 saturated heterocycles. The lowest BCUT2D eigenvalue weighted by molar-refractivity contribution is -0.127. The average molecular weight is 469 g/mol.